The zero-order chi connectivity index (χ0) is 11.5. The first-order valence-corrected chi connectivity index (χ1v) is 5.24. The van der Waals surface area contributed by atoms with E-state index in [-0.39, 0.29) is 0 Å². The van der Waals surface area contributed by atoms with Crippen LogP contribution < -0.4 is 0 Å². The molecule has 0 fully saturated rings. The van der Waals surface area contributed by atoms with Gasteiger partial charge in [-0.15, -0.1) is 0 Å². The fourth-order valence-electron chi connectivity index (χ4n) is 1.01. The highest BCUT2D eigenvalue weighted by Gasteiger charge is 1.91. The van der Waals surface area contributed by atoms with Crippen LogP contribution in [0.5, 0.6) is 0 Å². The average molecular weight is 201 g/mol. The molecule has 0 aromatic carbocycles. The van der Waals surface area contributed by atoms with Crippen molar-refractivity contribution < 1.29 is 0 Å². The molecule has 0 aliphatic rings. The standard InChI is InChI=1S/C12H13N.C2H6/c1-3-5-6-7-12-8-9-13-10-11(12)4-2;1-2/h3-10H,2H2,1H3;1-2H3/b5-3-,7-6-;. The van der Waals surface area contributed by atoms with Gasteiger partial charge >= 0.3 is 0 Å². The molecule has 0 radical (unpaired) electrons. The first-order chi connectivity index (χ1) is 7.38. The van der Waals surface area contributed by atoms with Crippen LogP contribution in [0.1, 0.15) is 31.9 Å². The second-order valence-corrected chi connectivity index (χ2v) is 2.59. The zero-order valence-corrected chi connectivity index (χ0v) is 9.77. The van der Waals surface area contributed by atoms with Gasteiger partial charge in [-0.05, 0) is 24.1 Å². The molecule has 1 aromatic heterocycles. The zero-order valence-electron chi connectivity index (χ0n) is 9.77. The highest BCUT2D eigenvalue weighted by atomic mass is 14.6. The summed E-state index contributed by atoms with van der Waals surface area (Å²) < 4.78 is 0. The smallest absolute Gasteiger partial charge is 0.0346 e. The van der Waals surface area contributed by atoms with E-state index in [1.54, 1.807) is 6.20 Å². The van der Waals surface area contributed by atoms with Crippen LogP contribution in [-0.4, -0.2) is 4.98 Å². The van der Waals surface area contributed by atoms with Gasteiger partial charge in [0.05, 0.1) is 0 Å². The Bertz CT molecular complexity index is 335. The highest BCUT2D eigenvalue weighted by Crippen LogP contribution is 2.09. The number of hydrogen-bond donors (Lipinski definition) is 0. The second-order valence-electron chi connectivity index (χ2n) is 2.59. The Morgan fingerprint density at radius 2 is 1.93 bits per heavy atom. The molecule has 1 aromatic rings. The summed E-state index contributed by atoms with van der Waals surface area (Å²) in [6.45, 7) is 9.72. The van der Waals surface area contributed by atoms with Crippen molar-refractivity contribution in [2.45, 2.75) is 20.8 Å². The molecule has 0 saturated heterocycles. The molecule has 0 aliphatic heterocycles. The van der Waals surface area contributed by atoms with Crippen LogP contribution in [0, 0.1) is 0 Å². The molecule has 0 amide bonds. The summed E-state index contributed by atoms with van der Waals surface area (Å²) in [6.07, 6.45) is 13.4. The fraction of sp³-hybridized carbons (Fsp3) is 0.214. The summed E-state index contributed by atoms with van der Waals surface area (Å²) >= 11 is 0. The molecule has 0 bridgehead atoms. The summed E-state index contributed by atoms with van der Waals surface area (Å²) in [7, 11) is 0. The summed E-state index contributed by atoms with van der Waals surface area (Å²) in [5.74, 6) is 0. The van der Waals surface area contributed by atoms with Crippen LogP contribution in [0.15, 0.2) is 43.3 Å². The van der Waals surface area contributed by atoms with E-state index in [2.05, 4.69) is 11.6 Å². The SMILES string of the molecule is C=Cc1cnccc1/C=C\C=C/C.CC. The van der Waals surface area contributed by atoms with Crippen molar-refractivity contribution in [2.24, 2.45) is 0 Å². The Morgan fingerprint density at radius 3 is 2.53 bits per heavy atom. The molecular formula is C14H19N. The third kappa shape index (κ3) is 4.96. The minimum atomic E-state index is 1.06. The van der Waals surface area contributed by atoms with Gasteiger partial charge in [0.15, 0.2) is 0 Å². The Morgan fingerprint density at radius 1 is 1.20 bits per heavy atom. The van der Waals surface area contributed by atoms with Gasteiger partial charge in [0.1, 0.15) is 0 Å². The van der Waals surface area contributed by atoms with E-state index in [9.17, 15) is 0 Å². The maximum Gasteiger partial charge on any atom is 0.0346 e. The van der Waals surface area contributed by atoms with Crippen LogP contribution in [0.3, 0.4) is 0 Å². The Balaban J connectivity index is 0.000000921. The lowest BCUT2D eigenvalue weighted by Crippen LogP contribution is -1.80. The van der Waals surface area contributed by atoms with Gasteiger partial charge in [-0.2, -0.15) is 0 Å². The van der Waals surface area contributed by atoms with E-state index < -0.39 is 0 Å². The van der Waals surface area contributed by atoms with E-state index in [1.807, 2.05) is 63.4 Å². The molecule has 1 nitrogen and oxygen atoms in total. The van der Waals surface area contributed by atoms with Gasteiger partial charge in [0.25, 0.3) is 0 Å². The Labute approximate surface area is 92.9 Å². The molecule has 0 saturated carbocycles. The van der Waals surface area contributed by atoms with Crippen LogP contribution >= 0.6 is 0 Å². The van der Waals surface area contributed by atoms with Crippen LogP contribution in [0.25, 0.3) is 12.2 Å². The van der Waals surface area contributed by atoms with E-state index in [1.165, 1.54) is 0 Å². The number of rotatable bonds is 3. The van der Waals surface area contributed by atoms with Crippen molar-refractivity contribution in [3.63, 3.8) is 0 Å². The fourth-order valence-corrected chi connectivity index (χ4v) is 1.01. The van der Waals surface area contributed by atoms with Crippen molar-refractivity contribution in [3.05, 3.63) is 54.4 Å². The number of aromatic nitrogens is 1. The number of pyridine rings is 1. The molecule has 15 heavy (non-hydrogen) atoms. The van der Waals surface area contributed by atoms with Gasteiger partial charge in [-0.1, -0.05) is 50.8 Å². The molecule has 1 heterocycles. The van der Waals surface area contributed by atoms with Crippen molar-refractivity contribution in [3.8, 4) is 0 Å². The van der Waals surface area contributed by atoms with Gasteiger partial charge < -0.3 is 0 Å². The quantitative estimate of drug-likeness (QED) is 0.663. The van der Waals surface area contributed by atoms with Gasteiger partial charge in [0.2, 0.25) is 0 Å². The predicted octanol–water partition coefficient (Wildman–Crippen LogP) is 4.34. The maximum absolute atomic E-state index is 4.02. The van der Waals surface area contributed by atoms with Crippen molar-refractivity contribution in [2.75, 3.05) is 0 Å². The van der Waals surface area contributed by atoms with E-state index in [0.29, 0.717) is 0 Å². The van der Waals surface area contributed by atoms with E-state index in [4.69, 9.17) is 0 Å². The summed E-state index contributed by atoms with van der Waals surface area (Å²) in [6, 6.07) is 1.97. The minimum absolute atomic E-state index is 1.06. The summed E-state index contributed by atoms with van der Waals surface area (Å²) in [5.41, 5.74) is 2.20. The molecule has 80 valence electrons. The Hall–Kier alpha value is -1.63. The predicted molar refractivity (Wildman–Crippen MR) is 69.5 cm³/mol. The lowest BCUT2D eigenvalue weighted by atomic mass is 10.1. The minimum Gasteiger partial charge on any atom is -0.264 e. The van der Waals surface area contributed by atoms with Gasteiger partial charge in [-0.25, -0.2) is 0 Å². The second kappa shape index (κ2) is 8.95. The number of nitrogens with zero attached hydrogens (tertiary/aromatic N) is 1. The van der Waals surface area contributed by atoms with Crippen LogP contribution in [0.4, 0.5) is 0 Å². The van der Waals surface area contributed by atoms with Gasteiger partial charge in [0, 0.05) is 12.4 Å². The van der Waals surface area contributed by atoms with Crippen molar-refractivity contribution in [1.29, 1.82) is 0 Å². The van der Waals surface area contributed by atoms with Crippen LogP contribution in [0.2, 0.25) is 0 Å². The molecule has 1 heteroatoms. The largest absolute Gasteiger partial charge is 0.264 e. The number of allylic oxidation sites excluding steroid dienone is 3. The average Bonchev–Trinajstić information content (AvgIpc) is 2.33. The molecule has 0 spiro atoms. The van der Waals surface area contributed by atoms with E-state index in [0.717, 1.165) is 11.1 Å². The van der Waals surface area contributed by atoms with Crippen molar-refractivity contribution >= 4 is 12.2 Å². The lowest BCUT2D eigenvalue weighted by Gasteiger charge is -1.97. The maximum atomic E-state index is 4.02. The lowest BCUT2D eigenvalue weighted by molar-refractivity contribution is 1.31. The van der Waals surface area contributed by atoms with Crippen molar-refractivity contribution in [1.82, 2.24) is 4.98 Å². The Kier molecular flexibility index (Phi) is 7.97. The first-order valence-electron chi connectivity index (χ1n) is 5.24. The summed E-state index contributed by atoms with van der Waals surface area (Å²) in [5, 5.41) is 0. The molecule has 0 atom stereocenters. The summed E-state index contributed by atoms with van der Waals surface area (Å²) in [4.78, 5) is 4.02. The van der Waals surface area contributed by atoms with E-state index >= 15 is 0 Å². The molecule has 1 rings (SSSR count). The normalized spacial score (nSPS) is 10.1. The number of hydrogen-bond acceptors (Lipinski definition) is 1. The monoisotopic (exact) mass is 201 g/mol. The molecule has 0 unspecified atom stereocenters. The molecule has 0 N–H and O–H groups in total. The first kappa shape index (κ1) is 13.4. The molecule has 0 aliphatic carbocycles. The third-order valence-corrected chi connectivity index (χ3v) is 1.69. The van der Waals surface area contributed by atoms with Crippen LogP contribution in [-0.2, 0) is 0 Å². The molecular weight excluding hydrogens is 182 g/mol. The van der Waals surface area contributed by atoms with Gasteiger partial charge in [-0.3, -0.25) is 4.98 Å². The third-order valence-electron chi connectivity index (χ3n) is 1.69. The highest BCUT2D eigenvalue weighted by molar-refractivity contribution is 5.63. The topological polar surface area (TPSA) is 12.9 Å².